The predicted octanol–water partition coefficient (Wildman–Crippen LogP) is 4.31. The summed E-state index contributed by atoms with van der Waals surface area (Å²) < 4.78 is 10.7. The second-order valence-corrected chi connectivity index (χ2v) is 7.29. The summed E-state index contributed by atoms with van der Waals surface area (Å²) in [5, 5.41) is 3.26. The first kappa shape index (κ1) is 19.1. The van der Waals surface area contributed by atoms with E-state index < -0.39 is 0 Å². The summed E-state index contributed by atoms with van der Waals surface area (Å²) in [5.41, 5.74) is 1.86. The van der Waals surface area contributed by atoms with Gasteiger partial charge >= 0.3 is 6.03 Å². The molecule has 1 aliphatic carbocycles. The van der Waals surface area contributed by atoms with Crippen LogP contribution in [0.1, 0.15) is 37.8 Å². The number of nitrogens with one attached hydrogen (secondary N) is 1. The number of hydrogen-bond acceptors (Lipinski definition) is 3. The molecular weight excluding hydrogens is 340 g/mol. The van der Waals surface area contributed by atoms with E-state index >= 15 is 0 Å². The fourth-order valence-electron chi connectivity index (χ4n) is 3.29. The van der Waals surface area contributed by atoms with Crippen LogP contribution < -0.4 is 14.8 Å². The quantitative estimate of drug-likeness (QED) is 0.792. The zero-order valence-corrected chi connectivity index (χ0v) is 16.5. The van der Waals surface area contributed by atoms with Crippen molar-refractivity contribution >= 4 is 6.03 Å². The van der Waals surface area contributed by atoms with E-state index in [4.69, 9.17) is 9.47 Å². The van der Waals surface area contributed by atoms with E-state index in [1.807, 2.05) is 67.3 Å². The molecule has 0 aliphatic heterocycles. The molecule has 0 radical (unpaired) electrons. The molecular formula is C22H28N2O3. The van der Waals surface area contributed by atoms with Gasteiger partial charge in [0.2, 0.25) is 0 Å². The second-order valence-electron chi connectivity index (χ2n) is 7.29. The first-order valence-corrected chi connectivity index (χ1v) is 9.34. The van der Waals surface area contributed by atoms with Crippen LogP contribution in [0, 0.1) is 0 Å². The summed E-state index contributed by atoms with van der Waals surface area (Å²) in [6.45, 7) is 4.67. The minimum atomic E-state index is -0.319. The van der Waals surface area contributed by atoms with Gasteiger partial charge in [-0.2, -0.15) is 0 Å². The smallest absolute Gasteiger partial charge is 0.318 e. The summed E-state index contributed by atoms with van der Waals surface area (Å²) in [5.74, 6) is 1.37. The molecule has 0 atom stereocenters. The Morgan fingerprint density at radius 1 is 1.07 bits per heavy atom. The maximum atomic E-state index is 13.1. The highest BCUT2D eigenvalue weighted by molar-refractivity contribution is 5.76. The van der Waals surface area contributed by atoms with Crippen LogP contribution in [0.4, 0.5) is 4.79 Å². The van der Waals surface area contributed by atoms with Gasteiger partial charge in [0.1, 0.15) is 0 Å². The van der Waals surface area contributed by atoms with Crippen LogP contribution in [-0.4, -0.2) is 31.2 Å². The Morgan fingerprint density at radius 3 is 2.30 bits per heavy atom. The normalized spacial score (nSPS) is 14.6. The average molecular weight is 368 g/mol. The number of carbonyl (C=O) groups excluding carboxylic acids is 1. The predicted molar refractivity (Wildman–Crippen MR) is 106 cm³/mol. The Hall–Kier alpha value is -2.69. The van der Waals surface area contributed by atoms with E-state index in [1.165, 1.54) is 0 Å². The van der Waals surface area contributed by atoms with Gasteiger partial charge < -0.3 is 19.7 Å². The number of hydrogen-bond donors (Lipinski definition) is 1. The highest BCUT2D eigenvalue weighted by Gasteiger charge is 2.47. The molecule has 0 heterocycles. The summed E-state index contributed by atoms with van der Waals surface area (Å²) in [6.07, 6.45) is 1.84. The topological polar surface area (TPSA) is 50.8 Å². The highest BCUT2D eigenvalue weighted by Crippen LogP contribution is 2.47. The van der Waals surface area contributed by atoms with Crippen LogP contribution in [0.3, 0.4) is 0 Å². The van der Waals surface area contributed by atoms with Gasteiger partial charge in [-0.05, 0) is 49.9 Å². The number of ether oxygens (including phenoxy) is 2. The summed E-state index contributed by atoms with van der Waals surface area (Å²) in [4.78, 5) is 14.9. The van der Waals surface area contributed by atoms with Crippen LogP contribution in [0.2, 0.25) is 0 Å². The van der Waals surface area contributed by atoms with Crippen molar-refractivity contribution in [2.45, 2.75) is 44.8 Å². The molecule has 0 spiro atoms. The molecule has 1 fully saturated rings. The van der Waals surface area contributed by atoms with Crippen molar-refractivity contribution in [3.63, 3.8) is 0 Å². The highest BCUT2D eigenvalue weighted by atomic mass is 16.5. The number of amides is 2. The monoisotopic (exact) mass is 368 g/mol. The van der Waals surface area contributed by atoms with Crippen LogP contribution in [0.5, 0.6) is 11.5 Å². The molecule has 144 valence electrons. The number of nitrogens with zero attached hydrogens (tertiary/aromatic N) is 1. The van der Waals surface area contributed by atoms with E-state index in [1.54, 1.807) is 14.2 Å². The van der Waals surface area contributed by atoms with E-state index in [9.17, 15) is 4.79 Å². The van der Waals surface area contributed by atoms with Crippen molar-refractivity contribution in [2.75, 3.05) is 14.2 Å². The van der Waals surface area contributed by atoms with Crippen LogP contribution >= 0.6 is 0 Å². The van der Waals surface area contributed by atoms with E-state index in [-0.39, 0.29) is 17.6 Å². The van der Waals surface area contributed by atoms with Crippen molar-refractivity contribution in [3.05, 3.63) is 59.7 Å². The zero-order valence-electron chi connectivity index (χ0n) is 16.5. The van der Waals surface area contributed by atoms with Gasteiger partial charge in [0.25, 0.3) is 0 Å². The molecule has 1 saturated carbocycles. The zero-order chi connectivity index (χ0) is 19.4. The SMILES string of the molecule is COc1ccc(C2(NC(=O)N(Cc3ccccc3)C(C)C)CC2)cc1OC. The summed E-state index contributed by atoms with van der Waals surface area (Å²) >= 11 is 0. The number of benzene rings is 2. The van der Waals surface area contributed by atoms with Crippen LogP contribution in [-0.2, 0) is 12.1 Å². The first-order valence-electron chi connectivity index (χ1n) is 9.34. The summed E-state index contributed by atoms with van der Waals surface area (Å²) in [6, 6.07) is 16.0. The van der Waals surface area contributed by atoms with Gasteiger partial charge in [0, 0.05) is 12.6 Å². The van der Waals surface area contributed by atoms with E-state index in [0.29, 0.717) is 18.0 Å². The van der Waals surface area contributed by atoms with Crippen molar-refractivity contribution in [1.29, 1.82) is 0 Å². The lowest BCUT2D eigenvalue weighted by Gasteiger charge is -2.30. The third-order valence-electron chi connectivity index (χ3n) is 5.11. The molecule has 3 rings (SSSR count). The van der Waals surface area contributed by atoms with Crippen molar-refractivity contribution in [1.82, 2.24) is 10.2 Å². The molecule has 0 unspecified atom stereocenters. The average Bonchev–Trinajstić information content (AvgIpc) is 3.46. The lowest BCUT2D eigenvalue weighted by atomic mass is 10.0. The van der Waals surface area contributed by atoms with Gasteiger partial charge in [-0.3, -0.25) is 0 Å². The van der Waals surface area contributed by atoms with Gasteiger partial charge in [0.15, 0.2) is 11.5 Å². The molecule has 5 heteroatoms. The Balaban J connectivity index is 1.77. The van der Waals surface area contributed by atoms with Crippen molar-refractivity contribution in [3.8, 4) is 11.5 Å². The minimum absolute atomic E-state index is 0.0406. The Labute approximate surface area is 161 Å². The Bertz CT molecular complexity index is 785. The van der Waals surface area contributed by atoms with Gasteiger partial charge in [-0.1, -0.05) is 36.4 Å². The fraction of sp³-hybridized carbons (Fsp3) is 0.409. The molecule has 0 bridgehead atoms. The van der Waals surface area contributed by atoms with Crippen molar-refractivity contribution < 1.29 is 14.3 Å². The molecule has 27 heavy (non-hydrogen) atoms. The fourth-order valence-corrected chi connectivity index (χ4v) is 3.29. The second kappa shape index (κ2) is 7.91. The van der Waals surface area contributed by atoms with E-state index in [0.717, 1.165) is 24.0 Å². The van der Waals surface area contributed by atoms with Crippen molar-refractivity contribution in [2.24, 2.45) is 0 Å². The third-order valence-corrected chi connectivity index (χ3v) is 5.11. The lowest BCUT2D eigenvalue weighted by Crippen LogP contribution is -2.47. The third kappa shape index (κ3) is 4.18. The molecule has 2 aromatic carbocycles. The maximum absolute atomic E-state index is 13.1. The molecule has 2 amide bonds. The standard InChI is InChI=1S/C22H28N2O3/c1-16(2)24(15-17-8-6-5-7-9-17)21(25)23-22(12-13-22)18-10-11-19(26-3)20(14-18)27-4/h5-11,14,16H,12-13,15H2,1-4H3,(H,23,25). The lowest BCUT2D eigenvalue weighted by molar-refractivity contribution is 0.174. The maximum Gasteiger partial charge on any atom is 0.318 e. The number of urea groups is 1. The van der Waals surface area contributed by atoms with Gasteiger partial charge in [-0.15, -0.1) is 0 Å². The van der Waals surface area contributed by atoms with Crippen LogP contribution in [0.15, 0.2) is 48.5 Å². The molecule has 2 aromatic rings. The number of rotatable bonds is 7. The van der Waals surface area contributed by atoms with E-state index in [2.05, 4.69) is 5.32 Å². The summed E-state index contributed by atoms with van der Waals surface area (Å²) in [7, 11) is 3.25. The Morgan fingerprint density at radius 2 is 1.74 bits per heavy atom. The Kier molecular flexibility index (Phi) is 5.59. The molecule has 0 saturated heterocycles. The van der Waals surface area contributed by atoms with Gasteiger partial charge in [-0.25, -0.2) is 4.79 Å². The molecule has 1 N–H and O–H groups in total. The molecule has 5 nitrogen and oxygen atoms in total. The number of carbonyl (C=O) groups is 1. The van der Waals surface area contributed by atoms with Gasteiger partial charge in [0.05, 0.1) is 19.8 Å². The number of methoxy groups -OCH3 is 2. The first-order chi connectivity index (χ1) is 13.0. The largest absolute Gasteiger partial charge is 0.493 e. The molecule has 1 aliphatic rings. The molecule has 0 aromatic heterocycles. The van der Waals surface area contributed by atoms with Crippen LogP contribution in [0.25, 0.3) is 0 Å². The minimum Gasteiger partial charge on any atom is -0.493 e.